The van der Waals surface area contributed by atoms with Gasteiger partial charge < -0.3 is 10.0 Å². The van der Waals surface area contributed by atoms with Gasteiger partial charge in [-0.05, 0) is 23.8 Å². The summed E-state index contributed by atoms with van der Waals surface area (Å²) in [7, 11) is 0. The molecule has 0 aliphatic carbocycles. The normalized spacial score (nSPS) is 10.3. The lowest BCUT2D eigenvalue weighted by Gasteiger charge is -2.23. The molecule has 3 aromatic rings. The van der Waals surface area contributed by atoms with Crippen molar-refractivity contribution < 1.29 is 14.7 Å². The molecule has 0 saturated carbocycles. The molecule has 0 fully saturated rings. The summed E-state index contributed by atoms with van der Waals surface area (Å²) in [4.78, 5) is 25.6. The zero-order valence-corrected chi connectivity index (χ0v) is 14.2. The third kappa shape index (κ3) is 4.36. The zero-order chi connectivity index (χ0) is 18.4. The molecule has 0 unspecified atom stereocenters. The average molecular weight is 345 g/mol. The van der Waals surface area contributed by atoms with Gasteiger partial charge in [0.15, 0.2) is 5.78 Å². The number of rotatable bonds is 7. The molecule has 0 saturated heterocycles. The first kappa shape index (κ1) is 17.4. The number of carbonyl (C=O) groups is 2. The standard InChI is InChI=1S/C22H19NO3/c24-21(25)16-23(20-12-5-2-6-13-20)15-17-8-7-11-19(14-17)22(26)18-9-3-1-4-10-18/h1-14H,15-16H2,(H,24,25). The van der Waals surface area contributed by atoms with Gasteiger partial charge in [-0.15, -0.1) is 0 Å². The van der Waals surface area contributed by atoms with E-state index in [1.807, 2.05) is 66.7 Å². The van der Waals surface area contributed by atoms with Crippen LogP contribution in [0.4, 0.5) is 5.69 Å². The van der Waals surface area contributed by atoms with Crippen LogP contribution >= 0.6 is 0 Å². The highest BCUT2D eigenvalue weighted by molar-refractivity contribution is 6.09. The second kappa shape index (κ2) is 8.12. The Morgan fingerprint density at radius 1 is 0.769 bits per heavy atom. The molecule has 4 nitrogen and oxygen atoms in total. The quantitative estimate of drug-likeness (QED) is 0.657. The number of benzene rings is 3. The second-order valence-corrected chi connectivity index (χ2v) is 5.98. The Hall–Kier alpha value is -3.40. The number of para-hydroxylation sites is 1. The largest absolute Gasteiger partial charge is 0.480 e. The van der Waals surface area contributed by atoms with Gasteiger partial charge in [0.25, 0.3) is 0 Å². The third-order valence-corrected chi connectivity index (χ3v) is 4.05. The van der Waals surface area contributed by atoms with Crippen LogP contribution in [-0.4, -0.2) is 23.4 Å². The van der Waals surface area contributed by atoms with Crippen molar-refractivity contribution in [3.05, 3.63) is 102 Å². The number of carbonyl (C=O) groups excluding carboxylic acids is 1. The van der Waals surface area contributed by atoms with Crippen LogP contribution in [0.5, 0.6) is 0 Å². The van der Waals surface area contributed by atoms with Crippen molar-refractivity contribution in [3.63, 3.8) is 0 Å². The van der Waals surface area contributed by atoms with Crippen molar-refractivity contribution in [2.45, 2.75) is 6.54 Å². The monoisotopic (exact) mass is 345 g/mol. The second-order valence-electron chi connectivity index (χ2n) is 5.98. The predicted octanol–water partition coefficient (Wildman–Crippen LogP) is 4.01. The lowest BCUT2D eigenvalue weighted by atomic mass is 10.0. The summed E-state index contributed by atoms with van der Waals surface area (Å²) in [6, 6.07) is 25.8. The maximum Gasteiger partial charge on any atom is 0.323 e. The van der Waals surface area contributed by atoms with Crippen LogP contribution in [0, 0.1) is 0 Å². The lowest BCUT2D eigenvalue weighted by molar-refractivity contribution is -0.135. The smallest absolute Gasteiger partial charge is 0.323 e. The van der Waals surface area contributed by atoms with Crippen molar-refractivity contribution in [1.82, 2.24) is 0 Å². The van der Waals surface area contributed by atoms with E-state index in [0.717, 1.165) is 11.3 Å². The number of aliphatic carboxylic acids is 1. The number of anilines is 1. The fourth-order valence-corrected chi connectivity index (χ4v) is 2.83. The first-order valence-electron chi connectivity index (χ1n) is 8.34. The van der Waals surface area contributed by atoms with Gasteiger partial charge in [0.1, 0.15) is 6.54 Å². The number of carboxylic acids is 1. The van der Waals surface area contributed by atoms with Crippen LogP contribution in [0.3, 0.4) is 0 Å². The molecule has 0 spiro atoms. The summed E-state index contributed by atoms with van der Waals surface area (Å²) < 4.78 is 0. The van der Waals surface area contributed by atoms with E-state index < -0.39 is 5.97 Å². The van der Waals surface area contributed by atoms with Crippen LogP contribution in [-0.2, 0) is 11.3 Å². The van der Waals surface area contributed by atoms with E-state index in [-0.39, 0.29) is 12.3 Å². The Bertz CT molecular complexity index is 892. The van der Waals surface area contributed by atoms with E-state index in [2.05, 4.69) is 0 Å². The van der Waals surface area contributed by atoms with E-state index in [0.29, 0.717) is 17.7 Å². The fraction of sp³-hybridized carbons (Fsp3) is 0.0909. The summed E-state index contributed by atoms with van der Waals surface area (Å²) >= 11 is 0. The highest BCUT2D eigenvalue weighted by Gasteiger charge is 2.13. The molecule has 0 radical (unpaired) electrons. The third-order valence-electron chi connectivity index (χ3n) is 4.05. The fourth-order valence-electron chi connectivity index (χ4n) is 2.83. The maximum absolute atomic E-state index is 12.6. The first-order valence-corrected chi connectivity index (χ1v) is 8.34. The van der Waals surface area contributed by atoms with Gasteiger partial charge in [-0.1, -0.05) is 66.7 Å². The van der Waals surface area contributed by atoms with Crippen LogP contribution in [0.2, 0.25) is 0 Å². The minimum atomic E-state index is -0.898. The van der Waals surface area contributed by atoms with Crippen molar-refractivity contribution in [3.8, 4) is 0 Å². The van der Waals surface area contributed by atoms with E-state index in [1.54, 1.807) is 23.1 Å². The molecule has 0 aromatic heterocycles. The maximum atomic E-state index is 12.6. The molecule has 3 aromatic carbocycles. The van der Waals surface area contributed by atoms with Crippen LogP contribution in [0.1, 0.15) is 21.5 Å². The van der Waals surface area contributed by atoms with E-state index >= 15 is 0 Å². The predicted molar refractivity (Wildman–Crippen MR) is 101 cm³/mol. The number of hydrogen-bond donors (Lipinski definition) is 1. The van der Waals surface area contributed by atoms with Gasteiger partial charge in [-0.25, -0.2) is 0 Å². The Balaban J connectivity index is 1.84. The summed E-state index contributed by atoms with van der Waals surface area (Å²) in [5.74, 6) is -0.942. The molecule has 0 amide bonds. The highest BCUT2D eigenvalue weighted by atomic mass is 16.4. The van der Waals surface area contributed by atoms with Gasteiger partial charge in [0, 0.05) is 23.4 Å². The summed E-state index contributed by atoms with van der Waals surface area (Å²) in [5, 5.41) is 9.22. The molecule has 0 heterocycles. The molecule has 0 aliphatic rings. The van der Waals surface area contributed by atoms with Gasteiger partial charge in [0.2, 0.25) is 0 Å². The van der Waals surface area contributed by atoms with E-state index in [1.165, 1.54) is 0 Å². The molecule has 0 aliphatic heterocycles. The molecule has 0 atom stereocenters. The van der Waals surface area contributed by atoms with Crippen LogP contribution < -0.4 is 4.90 Å². The van der Waals surface area contributed by atoms with Crippen LogP contribution in [0.15, 0.2) is 84.9 Å². The molecule has 26 heavy (non-hydrogen) atoms. The Morgan fingerprint density at radius 2 is 1.38 bits per heavy atom. The van der Waals surface area contributed by atoms with Gasteiger partial charge in [-0.3, -0.25) is 9.59 Å². The molecular weight excluding hydrogens is 326 g/mol. The van der Waals surface area contributed by atoms with Crippen LogP contribution in [0.25, 0.3) is 0 Å². The summed E-state index contributed by atoms with van der Waals surface area (Å²) in [6.45, 7) is 0.299. The van der Waals surface area contributed by atoms with Gasteiger partial charge >= 0.3 is 5.97 Å². The Labute approximate surface area is 152 Å². The average Bonchev–Trinajstić information content (AvgIpc) is 2.68. The van der Waals surface area contributed by atoms with Crippen molar-refractivity contribution >= 4 is 17.4 Å². The van der Waals surface area contributed by atoms with Crippen molar-refractivity contribution in [1.29, 1.82) is 0 Å². The molecule has 130 valence electrons. The van der Waals surface area contributed by atoms with E-state index in [9.17, 15) is 14.7 Å². The Morgan fingerprint density at radius 3 is 2.04 bits per heavy atom. The van der Waals surface area contributed by atoms with Crippen molar-refractivity contribution in [2.24, 2.45) is 0 Å². The first-order chi connectivity index (χ1) is 12.6. The minimum Gasteiger partial charge on any atom is -0.480 e. The summed E-state index contributed by atoms with van der Waals surface area (Å²) in [5.41, 5.74) is 2.94. The van der Waals surface area contributed by atoms with E-state index in [4.69, 9.17) is 0 Å². The SMILES string of the molecule is O=C(O)CN(Cc1cccc(C(=O)c2ccccc2)c1)c1ccccc1. The number of hydrogen-bond acceptors (Lipinski definition) is 3. The highest BCUT2D eigenvalue weighted by Crippen LogP contribution is 2.18. The summed E-state index contributed by atoms with van der Waals surface area (Å²) in [6.07, 6.45) is 0. The van der Waals surface area contributed by atoms with Gasteiger partial charge in [0.05, 0.1) is 0 Å². The van der Waals surface area contributed by atoms with Gasteiger partial charge in [-0.2, -0.15) is 0 Å². The topological polar surface area (TPSA) is 57.6 Å². The molecule has 0 bridgehead atoms. The molecule has 3 rings (SSSR count). The minimum absolute atomic E-state index is 0.0445. The number of carboxylic acid groups (broad SMARTS) is 1. The zero-order valence-electron chi connectivity index (χ0n) is 14.2. The molecular formula is C22H19NO3. The van der Waals surface area contributed by atoms with Crippen molar-refractivity contribution in [2.75, 3.05) is 11.4 Å². The number of ketones is 1. The molecule has 1 N–H and O–H groups in total. The molecule has 4 heteroatoms. The Kier molecular flexibility index (Phi) is 5.44. The number of nitrogens with zero attached hydrogens (tertiary/aromatic N) is 1. The lowest BCUT2D eigenvalue weighted by Crippen LogP contribution is -2.29.